The molecular weight excluding hydrogens is 343 g/mol. The highest BCUT2D eigenvalue weighted by molar-refractivity contribution is 5.94. The summed E-state index contributed by atoms with van der Waals surface area (Å²) in [7, 11) is 0. The standard InChI is InChI=1S/C19H16F3N3O/c20-19(21,22)17-6-4-16(5-7-17)18(26)24-11-14-2-1-3-15(10-14)12-25-9-8-23-13-25/h1-10,13H,11-12H2,(H,24,26). The van der Waals surface area contributed by atoms with Crippen molar-refractivity contribution in [2.45, 2.75) is 19.3 Å². The summed E-state index contributed by atoms with van der Waals surface area (Å²) in [6.07, 6.45) is 0.872. The summed E-state index contributed by atoms with van der Waals surface area (Å²) in [6, 6.07) is 11.9. The van der Waals surface area contributed by atoms with Crippen LogP contribution in [0.2, 0.25) is 0 Å². The lowest BCUT2D eigenvalue weighted by molar-refractivity contribution is -0.137. The van der Waals surface area contributed by atoms with Crippen LogP contribution >= 0.6 is 0 Å². The van der Waals surface area contributed by atoms with E-state index < -0.39 is 17.6 Å². The molecule has 0 aliphatic carbocycles. The number of hydrogen-bond acceptors (Lipinski definition) is 2. The lowest BCUT2D eigenvalue weighted by atomic mass is 10.1. The van der Waals surface area contributed by atoms with E-state index in [0.717, 1.165) is 23.3 Å². The Kier molecular flexibility index (Phi) is 5.06. The Bertz CT molecular complexity index is 872. The van der Waals surface area contributed by atoms with Gasteiger partial charge in [0.2, 0.25) is 0 Å². The fraction of sp³-hybridized carbons (Fsp3) is 0.158. The van der Waals surface area contributed by atoms with Crippen LogP contribution in [0.4, 0.5) is 13.2 Å². The van der Waals surface area contributed by atoms with Crippen LogP contribution in [0.25, 0.3) is 0 Å². The van der Waals surface area contributed by atoms with E-state index in [1.165, 1.54) is 12.1 Å². The summed E-state index contributed by atoms with van der Waals surface area (Å²) < 4.78 is 39.6. The number of carbonyl (C=O) groups is 1. The largest absolute Gasteiger partial charge is 0.416 e. The topological polar surface area (TPSA) is 46.9 Å². The molecule has 1 N–H and O–H groups in total. The van der Waals surface area contributed by atoms with Gasteiger partial charge < -0.3 is 9.88 Å². The predicted octanol–water partition coefficient (Wildman–Crippen LogP) is 3.88. The van der Waals surface area contributed by atoms with Gasteiger partial charge in [0.1, 0.15) is 0 Å². The van der Waals surface area contributed by atoms with Crippen LogP contribution < -0.4 is 5.32 Å². The maximum absolute atomic E-state index is 12.6. The number of imidazole rings is 1. The molecular formula is C19H16F3N3O. The molecule has 3 aromatic rings. The summed E-state index contributed by atoms with van der Waals surface area (Å²) in [4.78, 5) is 16.1. The van der Waals surface area contributed by atoms with E-state index in [9.17, 15) is 18.0 Å². The highest BCUT2D eigenvalue weighted by atomic mass is 19.4. The highest BCUT2D eigenvalue weighted by Crippen LogP contribution is 2.29. The number of benzene rings is 2. The Balaban J connectivity index is 1.61. The Morgan fingerprint density at radius 3 is 2.46 bits per heavy atom. The van der Waals surface area contributed by atoms with E-state index in [-0.39, 0.29) is 12.1 Å². The minimum atomic E-state index is -4.41. The van der Waals surface area contributed by atoms with Crippen LogP contribution in [0.3, 0.4) is 0 Å². The third-order valence-electron chi connectivity index (χ3n) is 3.84. The normalized spacial score (nSPS) is 11.3. The third kappa shape index (κ3) is 4.50. The van der Waals surface area contributed by atoms with Gasteiger partial charge in [-0.2, -0.15) is 13.2 Å². The molecule has 0 saturated carbocycles. The number of amides is 1. The molecule has 134 valence electrons. The Morgan fingerprint density at radius 1 is 1.08 bits per heavy atom. The van der Waals surface area contributed by atoms with Crippen LogP contribution in [-0.4, -0.2) is 15.5 Å². The van der Waals surface area contributed by atoms with Crippen molar-refractivity contribution in [3.05, 3.63) is 89.5 Å². The van der Waals surface area contributed by atoms with Crippen molar-refractivity contribution in [1.82, 2.24) is 14.9 Å². The number of aromatic nitrogens is 2. The second-order valence-corrected chi connectivity index (χ2v) is 5.81. The highest BCUT2D eigenvalue weighted by Gasteiger charge is 2.30. The minimum Gasteiger partial charge on any atom is -0.348 e. The van der Waals surface area contributed by atoms with Crippen molar-refractivity contribution in [2.24, 2.45) is 0 Å². The molecule has 0 radical (unpaired) electrons. The van der Waals surface area contributed by atoms with Crippen molar-refractivity contribution in [3.63, 3.8) is 0 Å². The van der Waals surface area contributed by atoms with Gasteiger partial charge >= 0.3 is 6.18 Å². The minimum absolute atomic E-state index is 0.188. The van der Waals surface area contributed by atoms with Crippen LogP contribution in [0.15, 0.2) is 67.3 Å². The molecule has 0 saturated heterocycles. The van der Waals surface area contributed by atoms with Crippen LogP contribution in [-0.2, 0) is 19.3 Å². The lowest BCUT2D eigenvalue weighted by Crippen LogP contribution is -2.23. The summed E-state index contributed by atoms with van der Waals surface area (Å²) in [5.41, 5.74) is 1.38. The fourth-order valence-corrected chi connectivity index (χ4v) is 2.52. The number of halogens is 3. The SMILES string of the molecule is O=C(NCc1cccc(Cn2ccnc2)c1)c1ccc(C(F)(F)F)cc1. The molecule has 7 heteroatoms. The molecule has 1 amide bonds. The van der Waals surface area contributed by atoms with Gasteiger partial charge in [0.15, 0.2) is 0 Å². The third-order valence-corrected chi connectivity index (χ3v) is 3.84. The molecule has 0 fully saturated rings. The molecule has 26 heavy (non-hydrogen) atoms. The molecule has 2 aromatic carbocycles. The average Bonchev–Trinajstić information content (AvgIpc) is 3.12. The fourth-order valence-electron chi connectivity index (χ4n) is 2.52. The van der Waals surface area contributed by atoms with Gasteiger partial charge in [0, 0.05) is 31.0 Å². The maximum atomic E-state index is 12.6. The Morgan fingerprint density at radius 2 is 1.81 bits per heavy atom. The molecule has 1 heterocycles. The van der Waals surface area contributed by atoms with Crippen LogP contribution in [0.5, 0.6) is 0 Å². The zero-order valence-corrected chi connectivity index (χ0v) is 13.7. The Labute approximate surface area is 148 Å². The van der Waals surface area contributed by atoms with Crippen molar-refractivity contribution in [1.29, 1.82) is 0 Å². The first-order valence-electron chi connectivity index (χ1n) is 7.91. The molecule has 0 unspecified atom stereocenters. The first-order valence-corrected chi connectivity index (χ1v) is 7.91. The van der Waals surface area contributed by atoms with E-state index in [2.05, 4.69) is 10.3 Å². The first kappa shape index (κ1) is 17.7. The van der Waals surface area contributed by atoms with E-state index in [1.807, 2.05) is 35.0 Å². The predicted molar refractivity (Wildman–Crippen MR) is 90.4 cm³/mol. The lowest BCUT2D eigenvalue weighted by Gasteiger charge is -2.09. The average molecular weight is 359 g/mol. The zero-order valence-electron chi connectivity index (χ0n) is 13.7. The smallest absolute Gasteiger partial charge is 0.348 e. The Hall–Kier alpha value is -3.09. The van der Waals surface area contributed by atoms with E-state index >= 15 is 0 Å². The number of rotatable bonds is 5. The summed E-state index contributed by atoms with van der Waals surface area (Å²) in [6.45, 7) is 0.957. The molecule has 1 aromatic heterocycles. The van der Waals surface area contributed by atoms with Gasteiger partial charge in [-0.05, 0) is 35.4 Å². The van der Waals surface area contributed by atoms with E-state index in [4.69, 9.17) is 0 Å². The summed E-state index contributed by atoms with van der Waals surface area (Å²) in [5.74, 6) is -0.418. The molecule has 3 rings (SSSR count). The van der Waals surface area contributed by atoms with Gasteiger partial charge in [0.05, 0.1) is 11.9 Å². The maximum Gasteiger partial charge on any atom is 0.416 e. The summed E-state index contributed by atoms with van der Waals surface area (Å²) >= 11 is 0. The van der Waals surface area contributed by atoms with Crippen molar-refractivity contribution < 1.29 is 18.0 Å². The monoisotopic (exact) mass is 359 g/mol. The first-order chi connectivity index (χ1) is 12.4. The van der Waals surface area contributed by atoms with Gasteiger partial charge in [-0.15, -0.1) is 0 Å². The number of nitrogens with zero attached hydrogens (tertiary/aromatic N) is 2. The number of nitrogens with one attached hydrogen (secondary N) is 1. The zero-order chi connectivity index (χ0) is 18.6. The van der Waals surface area contributed by atoms with Crippen molar-refractivity contribution in [3.8, 4) is 0 Å². The number of alkyl halides is 3. The molecule has 0 atom stereocenters. The van der Waals surface area contributed by atoms with E-state index in [0.29, 0.717) is 6.54 Å². The second-order valence-electron chi connectivity index (χ2n) is 5.81. The van der Waals surface area contributed by atoms with E-state index in [1.54, 1.807) is 12.5 Å². The van der Waals surface area contributed by atoms with Crippen LogP contribution in [0.1, 0.15) is 27.0 Å². The van der Waals surface area contributed by atoms with Gasteiger partial charge in [-0.3, -0.25) is 4.79 Å². The van der Waals surface area contributed by atoms with Gasteiger partial charge in [-0.1, -0.05) is 24.3 Å². The molecule has 0 aliphatic rings. The quantitative estimate of drug-likeness (QED) is 0.752. The second kappa shape index (κ2) is 7.43. The molecule has 0 aliphatic heterocycles. The molecule has 0 spiro atoms. The van der Waals surface area contributed by atoms with Gasteiger partial charge in [-0.25, -0.2) is 4.98 Å². The van der Waals surface area contributed by atoms with Crippen LogP contribution in [0, 0.1) is 0 Å². The molecule has 4 nitrogen and oxygen atoms in total. The number of carbonyl (C=O) groups excluding carboxylic acids is 1. The van der Waals surface area contributed by atoms with Gasteiger partial charge in [0.25, 0.3) is 5.91 Å². The van der Waals surface area contributed by atoms with Crippen molar-refractivity contribution >= 4 is 5.91 Å². The summed E-state index contributed by atoms with van der Waals surface area (Å²) in [5, 5.41) is 2.72. The molecule has 0 bridgehead atoms. The number of hydrogen-bond donors (Lipinski definition) is 1. The van der Waals surface area contributed by atoms with Crippen molar-refractivity contribution in [2.75, 3.05) is 0 Å².